The minimum Gasteiger partial charge on any atom is -0.345 e. The monoisotopic (exact) mass is 366 g/mol. The molecule has 3 N–H and O–H groups in total. The van der Waals surface area contributed by atoms with Crippen LogP contribution in [0.5, 0.6) is 0 Å². The Balaban J connectivity index is 1.56. The van der Waals surface area contributed by atoms with Crippen LogP contribution < -0.4 is 10.6 Å². The number of hydrogen-bond donors (Lipinski definition) is 3. The van der Waals surface area contributed by atoms with Gasteiger partial charge in [0.15, 0.2) is 11.5 Å². The van der Waals surface area contributed by atoms with Crippen LogP contribution in [0.3, 0.4) is 0 Å². The van der Waals surface area contributed by atoms with Crippen LogP contribution in [0.25, 0.3) is 11.2 Å². The van der Waals surface area contributed by atoms with Crippen LogP contribution in [0.4, 0.5) is 10.6 Å². The first-order chi connectivity index (χ1) is 12.0. The van der Waals surface area contributed by atoms with Crippen molar-refractivity contribution in [3.05, 3.63) is 18.5 Å². The molecule has 2 amide bonds. The second-order valence-electron chi connectivity index (χ2n) is 6.02. The Bertz CT molecular complexity index is 850. The summed E-state index contributed by atoms with van der Waals surface area (Å²) in [6, 6.07) is 1.14. The molecule has 0 radical (unpaired) electrons. The lowest BCUT2D eigenvalue weighted by Gasteiger charge is -2.24. The molecule has 0 bridgehead atoms. The molecular formula is C15H22N6O3S. The van der Waals surface area contributed by atoms with Crippen molar-refractivity contribution in [2.45, 2.75) is 32.2 Å². The van der Waals surface area contributed by atoms with E-state index in [1.807, 2.05) is 6.92 Å². The predicted octanol–water partition coefficient (Wildman–Crippen LogP) is 1.28. The van der Waals surface area contributed by atoms with E-state index in [2.05, 4.69) is 25.6 Å². The van der Waals surface area contributed by atoms with Crippen molar-refractivity contribution >= 4 is 33.0 Å². The molecule has 0 aliphatic carbocycles. The van der Waals surface area contributed by atoms with Gasteiger partial charge in [-0.25, -0.2) is 23.2 Å². The summed E-state index contributed by atoms with van der Waals surface area (Å²) in [6.07, 6.45) is 5.33. The number of rotatable bonds is 6. The molecule has 3 heterocycles. The molecule has 1 fully saturated rings. The van der Waals surface area contributed by atoms with Gasteiger partial charge < -0.3 is 10.3 Å². The molecule has 10 heteroatoms. The number of anilines is 1. The third kappa shape index (κ3) is 4.07. The maximum Gasteiger partial charge on any atom is 0.320 e. The maximum absolute atomic E-state index is 12.3. The fraction of sp³-hybridized carbons (Fsp3) is 0.533. The zero-order chi connectivity index (χ0) is 17.9. The van der Waals surface area contributed by atoms with Crippen molar-refractivity contribution in [1.82, 2.24) is 24.6 Å². The summed E-state index contributed by atoms with van der Waals surface area (Å²) in [4.78, 5) is 23.4. The number of fused-ring (bicyclic) bond motifs is 1. The zero-order valence-electron chi connectivity index (χ0n) is 14.0. The highest BCUT2D eigenvalue weighted by Crippen LogP contribution is 2.21. The van der Waals surface area contributed by atoms with Crippen LogP contribution in [0.2, 0.25) is 0 Å². The zero-order valence-corrected chi connectivity index (χ0v) is 14.8. The van der Waals surface area contributed by atoms with Gasteiger partial charge in [0, 0.05) is 25.3 Å². The summed E-state index contributed by atoms with van der Waals surface area (Å²) in [5.74, 6) is 0.480. The number of carbonyl (C=O) groups excluding carboxylic acids is 1. The lowest BCUT2D eigenvalue weighted by atomic mass is 10.2. The molecule has 2 aromatic heterocycles. The van der Waals surface area contributed by atoms with Crippen LogP contribution in [-0.4, -0.2) is 58.6 Å². The number of nitrogens with zero attached hydrogens (tertiary/aromatic N) is 3. The number of amides is 2. The summed E-state index contributed by atoms with van der Waals surface area (Å²) >= 11 is 0. The number of H-pyrrole nitrogens is 1. The number of nitrogens with one attached hydrogen (secondary N) is 3. The lowest BCUT2D eigenvalue weighted by Crippen LogP contribution is -2.44. The van der Waals surface area contributed by atoms with Crippen molar-refractivity contribution in [2.75, 3.05) is 24.2 Å². The number of urea groups is 1. The second kappa shape index (κ2) is 7.36. The van der Waals surface area contributed by atoms with Crippen LogP contribution in [0.15, 0.2) is 18.5 Å². The fourth-order valence-electron chi connectivity index (χ4n) is 3.02. The van der Waals surface area contributed by atoms with E-state index in [0.29, 0.717) is 29.9 Å². The van der Waals surface area contributed by atoms with Crippen molar-refractivity contribution in [1.29, 1.82) is 0 Å². The minimum absolute atomic E-state index is 0.141. The molecule has 0 saturated carbocycles. The van der Waals surface area contributed by atoms with Gasteiger partial charge in [-0.05, 0) is 25.3 Å². The molecule has 0 spiro atoms. The highest BCUT2D eigenvalue weighted by molar-refractivity contribution is 7.89. The topological polar surface area (TPSA) is 120 Å². The van der Waals surface area contributed by atoms with Gasteiger partial charge in [0.05, 0.1) is 11.9 Å². The fourth-order valence-corrected chi connectivity index (χ4v) is 4.81. The number of hydrogen-bond acceptors (Lipinski definition) is 5. The summed E-state index contributed by atoms with van der Waals surface area (Å²) in [5, 5.41) is 5.35. The van der Waals surface area contributed by atoms with E-state index in [9.17, 15) is 13.2 Å². The van der Waals surface area contributed by atoms with Gasteiger partial charge in [-0.1, -0.05) is 6.92 Å². The highest BCUT2D eigenvalue weighted by atomic mass is 32.2. The summed E-state index contributed by atoms with van der Waals surface area (Å²) in [5.41, 5.74) is 1.30. The minimum atomic E-state index is -3.25. The van der Waals surface area contributed by atoms with Crippen molar-refractivity contribution in [3.8, 4) is 0 Å². The van der Waals surface area contributed by atoms with Crippen LogP contribution in [0.1, 0.15) is 26.2 Å². The Morgan fingerprint density at radius 2 is 2.32 bits per heavy atom. The van der Waals surface area contributed by atoms with E-state index in [-0.39, 0.29) is 18.3 Å². The first-order valence-corrected chi connectivity index (χ1v) is 9.95. The first kappa shape index (κ1) is 17.6. The molecule has 25 heavy (non-hydrogen) atoms. The molecule has 1 atom stereocenters. The SMILES string of the molecule is CCCS(=O)(=O)N1CCCC1CNC(=O)Nc1cnc2[nH]ccc2n1. The number of aromatic nitrogens is 3. The lowest BCUT2D eigenvalue weighted by molar-refractivity contribution is 0.249. The molecule has 0 aromatic carbocycles. The van der Waals surface area contributed by atoms with E-state index in [1.165, 1.54) is 10.5 Å². The quantitative estimate of drug-likeness (QED) is 0.711. The van der Waals surface area contributed by atoms with Gasteiger partial charge in [-0.2, -0.15) is 4.31 Å². The number of sulfonamides is 1. The average Bonchev–Trinajstić information content (AvgIpc) is 3.21. The Morgan fingerprint density at radius 1 is 1.48 bits per heavy atom. The molecule has 9 nitrogen and oxygen atoms in total. The predicted molar refractivity (Wildman–Crippen MR) is 94.7 cm³/mol. The van der Waals surface area contributed by atoms with E-state index >= 15 is 0 Å². The Kier molecular flexibility index (Phi) is 5.19. The molecule has 2 aromatic rings. The molecule has 136 valence electrons. The van der Waals surface area contributed by atoms with Gasteiger partial charge in [0.25, 0.3) is 0 Å². The normalized spacial score (nSPS) is 18.5. The Morgan fingerprint density at radius 3 is 3.12 bits per heavy atom. The highest BCUT2D eigenvalue weighted by Gasteiger charge is 2.33. The van der Waals surface area contributed by atoms with E-state index in [4.69, 9.17) is 0 Å². The second-order valence-corrected chi connectivity index (χ2v) is 8.07. The van der Waals surface area contributed by atoms with Gasteiger partial charge in [0.2, 0.25) is 10.0 Å². The number of aromatic amines is 1. The van der Waals surface area contributed by atoms with Gasteiger partial charge in [0.1, 0.15) is 5.52 Å². The van der Waals surface area contributed by atoms with Crippen LogP contribution >= 0.6 is 0 Å². The largest absolute Gasteiger partial charge is 0.345 e. The third-order valence-electron chi connectivity index (χ3n) is 4.14. The average molecular weight is 366 g/mol. The summed E-state index contributed by atoms with van der Waals surface area (Å²) in [6.45, 7) is 2.64. The third-order valence-corrected chi connectivity index (χ3v) is 6.26. The van der Waals surface area contributed by atoms with Crippen LogP contribution in [0, 0.1) is 0 Å². The standard InChI is InChI=1S/C15H22N6O3S/c1-2-8-25(23,24)21-7-3-4-11(21)9-18-15(22)20-13-10-17-14-12(19-13)5-6-16-14/h5-6,10-11H,2-4,7-9H2,1H3,(H,16,17)(H2,18,19,20,22). The molecule has 1 unspecified atom stereocenters. The van der Waals surface area contributed by atoms with Crippen molar-refractivity contribution in [3.63, 3.8) is 0 Å². The Hall–Kier alpha value is -2.20. The van der Waals surface area contributed by atoms with Crippen molar-refractivity contribution in [2.24, 2.45) is 0 Å². The first-order valence-electron chi connectivity index (χ1n) is 8.34. The number of carbonyl (C=O) groups is 1. The van der Waals surface area contributed by atoms with E-state index < -0.39 is 16.1 Å². The molecule has 1 aliphatic rings. The molecule has 3 rings (SSSR count). The molecule has 1 saturated heterocycles. The van der Waals surface area contributed by atoms with E-state index in [1.54, 1.807) is 12.3 Å². The van der Waals surface area contributed by atoms with Crippen LogP contribution in [-0.2, 0) is 10.0 Å². The maximum atomic E-state index is 12.3. The Labute approximate surface area is 146 Å². The molecule has 1 aliphatic heterocycles. The summed E-state index contributed by atoms with van der Waals surface area (Å²) in [7, 11) is -3.25. The van der Waals surface area contributed by atoms with Gasteiger partial charge >= 0.3 is 6.03 Å². The van der Waals surface area contributed by atoms with E-state index in [0.717, 1.165) is 12.8 Å². The smallest absolute Gasteiger partial charge is 0.320 e. The van der Waals surface area contributed by atoms with Crippen molar-refractivity contribution < 1.29 is 13.2 Å². The van der Waals surface area contributed by atoms with Gasteiger partial charge in [-0.15, -0.1) is 0 Å². The molecular weight excluding hydrogens is 344 g/mol. The van der Waals surface area contributed by atoms with Gasteiger partial charge in [-0.3, -0.25) is 5.32 Å². The summed E-state index contributed by atoms with van der Waals surface area (Å²) < 4.78 is 26.0.